The minimum absolute atomic E-state index is 0.231. The normalized spacial score (nSPS) is 11.0. The number of fused-ring (bicyclic) bond motifs is 1. The fraction of sp³-hybridized carbons (Fsp3) is 0.0588. The first-order valence-electron chi connectivity index (χ1n) is 6.83. The van der Waals surface area contributed by atoms with Gasteiger partial charge in [-0.15, -0.1) is 0 Å². The number of nitrogens with zero attached hydrogens (tertiary/aromatic N) is 1. The van der Waals surface area contributed by atoms with E-state index >= 15 is 0 Å². The van der Waals surface area contributed by atoms with Gasteiger partial charge in [-0.05, 0) is 42.0 Å². The molecule has 1 aromatic heterocycles. The minimum Gasteiger partial charge on any atom is -0.497 e. The molecule has 0 aliphatic rings. The van der Waals surface area contributed by atoms with E-state index in [1.54, 1.807) is 19.3 Å². The van der Waals surface area contributed by atoms with Crippen molar-refractivity contribution in [3.05, 3.63) is 59.1 Å². The van der Waals surface area contributed by atoms with E-state index in [-0.39, 0.29) is 5.91 Å². The van der Waals surface area contributed by atoms with Gasteiger partial charge in [-0.3, -0.25) is 10.1 Å². The van der Waals surface area contributed by atoms with Crippen LogP contribution in [-0.4, -0.2) is 18.0 Å². The van der Waals surface area contributed by atoms with Crippen LogP contribution in [0.2, 0.25) is 5.02 Å². The quantitative estimate of drug-likeness (QED) is 0.703. The van der Waals surface area contributed by atoms with Crippen molar-refractivity contribution in [3.8, 4) is 5.75 Å². The number of hydrogen-bond donors (Lipinski definition) is 1. The summed E-state index contributed by atoms with van der Waals surface area (Å²) >= 11 is 7.33. The Morgan fingerprint density at radius 2 is 2.04 bits per heavy atom. The molecule has 6 heteroatoms. The Morgan fingerprint density at radius 3 is 2.78 bits per heavy atom. The maximum Gasteiger partial charge on any atom is 0.250 e. The first kappa shape index (κ1) is 15.5. The highest BCUT2D eigenvalue weighted by Gasteiger charge is 2.06. The molecule has 2 aromatic carbocycles. The second-order valence-corrected chi connectivity index (χ2v) is 6.19. The van der Waals surface area contributed by atoms with Crippen molar-refractivity contribution in [2.24, 2.45) is 0 Å². The molecule has 1 N–H and O–H groups in total. The first-order chi connectivity index (χ1) is 11.1. The molecule has 1 heterocycles. The minimum atomic E-state index is -0.231. The van der Waals surface area contributed by atoms with Gasteiger partial charge in [0.15, 0.2) is 5.13 Å². The lowest BCUT2D eigenvalue weighted by molar-refractivity contribution is -0.111. The van der Waals surface area contributed by atoms with Crippen LogP contribution in [0.15, 0.2) is 48.5 Å². The molecule has 1 amide bonds. The number of anilines is 1. The zero-order valence-corrected chi connectivity index (χ0v) is 13.8. The van der Waals surface area contributed by atoms with Gasteiger partial charge < -0.3 is 4.74 Å². The molecule has 0 aliphatic heterocycles. The molecule has 0 aliphatic carbocycles. The number of methoxy groups -OCH3 is 1. The summed E-state index contributed by atoms with van der Waals surface area (Å²) in [6.45, 7) is 0. The van der Waals surface area contributed by atoms with E-state index in [4.69, 9.17) is 16.3 Å². The SMILES string of the molecule is COc1ccc(/C=C/C(=O)Nc2nc3ccc(Cl)cc3s2)cc1. The van der Waals surface area contributed by atoms with Crippen molar-refractivity contribution in [1.82, 2.24) is 4.98 Å². The number of ether oxygens (including phenoxy) is 1. The summed E-state index contributed by atoms with van der Waals surface area (Å²) in [6.07, 6.45) is 3.21. The Balaban J connectivity index is 1.68. The number of benzene rings is 2. The van der Waals surface area contributed by atoms with E-state index in [1.807, 2.05) is 36.4 Å². The van der Waals surface area contributed by atoms with Crippen molar-refractivity contribution in [3.63, 3.8) is 0 Å². The van der Waals surface area contributed by atoms with Crippen molar-refractivity contribution < 1.29 is 9.53 Å². The van der Waals surface area contributed by atoms with E-state index in [0.717, 1.165) is 21.5 Å². The van der Waals surface area contributed by atoms with Crippen LogP contribution >= 0.6 is 22.9 Å². The molecular formula is C17H13ClN2O2S. The summed E-state index contributed by atoms with van der Waals surface area (Å²) in [6, 6.07) is 12.9. The van der Waals surface area contributed by atoms with Gasteiger partial charge in [0.25, 0.3) is 0 Å². The average Bonchev–Trinajstić information content (AvgIpc) is 2.94. The van der Waals surface area contributed by atoms with Crippen molar-refractivity contribution in [1.29, 1.82) is 0 Å². The molecule has 0 saturated heterocycles. The van der Waals surface area contributed by atoms with Crippen LogP contribution in [0.3, 0.4) is 0 Å². The average molecular weight is 345 g/mol. The molecule has 4 nitrogen and oxygen atoms in total. The van der Waals surface area contributed by atoms with Gasteiger partial charge in [0.2, 0.25) is 5.91 Å². The highest BCUT2D eigenvalue weighted by atomic mass is 35.5. The largest absolute Gasteiger partial charge is 0.497 e. The van der Waals surface area contributed by atoms with Gasteiger partial charge in [-0.25, -0.2) is 4.98 Å². The van der Waals surface area contributed by atoms with Crippen LogP contribution < -0.4 is 10.1 Å². The van der Waals surface area contributed by atoms with Crippen molar-refractivity contribution in [2.75, 3.05) is 12.4 Å². The fourth-order valence-corrected chi connectivity index (χ4v) is 3.13. The summed E-state index contributed by atoms with van der Waals surface area (Å²) in [4.78, 5) is 16.3. The van der Waals surface area contributed by atoms with Crippen molar-refractivity contribution in [2.45, 2.75) is 0 Å². The molecule has 3 aromatic rings. The van der Waals surface area contributed by atoms with Gasteiger partial charge >= 0.3 is 0 Å². The van der Waals surface area contributed by atoms with Crippen LogP contribution in [0.4, 0.5) is 5.13 Å². The molecular weight excluding hydrogens is 332 g/mol. The highest BCUT2D eigenvalue weighted by Crippen LogP contribution is 2.28. The zero-order chi connectivity index (χ0) is 16.2. The number of carbonyl (C=O) groups is 1. The Bertz CT molecular complexity index is 872. The molecule has 0 spiro atoms. The lowest BCUT2D eigenvalue weighted by atomic mass is 10.2. The van der Waals surface area contributed by atoms with E-state index < -0.39 is 0 Å². The van der Waals surface area contributed by atoms with Crippen LogP contribution in [0.5, 0.6) is 5.75 Å². The number of rotatable bonds is 4. The summed E-state index contributed by atoms with van der Waals surface area (Å²) in [5.74, 6) is 0.547. The Kier molecular flexibility index (Phi) is 4.60. The topological polar surface area (TPSA) is 51.2 Å². The predicted octanol–water partition coefficient (Wildman–Crippen LogP) is 4.61. The molecule has 116 valence electrons. The molecule has 0 bridgehead atoms. The number of nitrogens with one attached hydrogen (secondary N) is 1. The van der Waals surface area contributed by atoms with Gasteiger partial charge in [0.1, 0.15) is 5.75 Å². The number of halogens is 1. The number of hydrogen-bond acceptors (Lipinski definition) is 4. The standard InChI is InChI=1S/C17H13ClN2O2S/c1-22-13-6-2-11(3-7-13)4-9-16(21)20-17-19-14-8-5-12(18)10-15(14)23-17/h2-10H,1H3,(H,19,20,21)/b9-4+. The maximum absolute atomic E-state index is 12.0. The molecule has 0 fully saturated rings. The lowest BCUT2D eigenvalue weighted by Crippen LogP contribution is -2.07. The molecule has 0 atom stereocenters. The molecule has 0 unspecified atom stereocenters. The second-order valence-electron chi connectivity index (χ2n) is 4.73. The van der Waals surface area contributed by atoms with E-state index in [2.05, 4.69) is 10.3 Å². The summed E-state index contributed by atoms with van der Waals surface area (Å²) in [7, 11) is 1.61. The Morgan fingerprint density at radius 1 is 1.26 bits per heavy atom. The van der Waals surface area contributed by atoms with Gasteiger partial charge in [0, 0.05) is 11.1 Å². The summed E-state index contributed by atoms with van der Waals surface area (Å²) < 4.78 is 6.03. The van der Waals surface area contributed by atoms with Crippen molar-refractivity contribution >= 4 is 50.3 Å². The highest BCUT2D eigenvalue weighted by molar-refractivity contribution is 7.22. The van der Waals surface area contributed by atoms with Crippen LogP contribution in [0, 0.1) is 0 Å². The van der Waals surface area contributed by atoms with Gasteiger partial charge in [-0.2, -0.15) is 0 Å². The third-order valence-corrected chi connectivity index (χ3v) is 4.29. The van der Waals surface area contributed by atoms with Gasteiger partial charge in [0.05, 0.1) is 17.3 Å². The smallest absolute Gasteiger partial charge is 0.250 e. The molecule has 3 rings (SSSR count). The summed E-state index contributed by atoms with van der Waals surface area (Å²) in [5, 5.41) is 3.96. The first-order valence-corrected chi connectivity index (χ1v) is 8.03. The van der Waals surface area contributed by atoms with Crippen LogP contribution in [0.1, 0.15) is 5.56 Å². The van der Waals surface area contributed by atoms with Crippen LogP contribution in [0.25, 0.3) is 16.3 Å². The molecule has 0 radical (unpaired) electrons. The fourth-order valence-electron chi connectivity index (χ4n) is 1.99. The number of aromatic nitrogens is 1. The third kappa shape index (κ3) is 3.88. The van der Waals surface area contributed by atoms with Crippen LogP contribution in [-0.2, 0) is 4.79 Å². The summed E-state index contributed by atoms with van der Waals surface area (Å²) in [5.41, 5.74) is 1.73. The van der Waals surface area contributed by atoms with E-state index in [0.29, 0.717) is 10.2 Å². The predicted molar refractivity (Wildman–Crippen MR) is 95.3 cm³/mol. The van der Waals surface area contributed by atoms with Gasteiger partial charge in [-0.1, -0.05) is 35.1 Å². The third-order valence-electron chi connectivity index (χ3n) is 3.12. The molecule has 23 heavy (non-hydrogen) atoms. The molecule has 0 saturated carbocycles. The number of amides is 1. The number of thiazole rings is 1. The monoisotopic (exact) mass is 344 g/mol. The van der Waals surface area contributed by atoms with E-state index in [1.165, 1.54) is 17.4 Å². The zero-order valence-electron chi connectivity index (χ0n) is 12.2. The lowest BCUT2D eigenvalue weighted by Gasteiger charge is -1.99. The number of carbonyl (C=O) groups excluding carboxylic acids is 1. The maximum atomic E-state index is 12.0. The Hall–Kier alpha value is -2.37. The second kappa shape index (κ2) is 6.81. The Labute approximate surface area is 142 Å². The van der Waals surface area contributed by atoms with E-state index in [9.17, 15) is 4.79 Å².